The normalized spacial score (nSPS) is 26.8. The minimum Gasteiger partial charge on any atom is -0.378 e. The van der Waals surface area contributed by atoms with E-state index in [0.717, 1.165) is 38.2 Å². The fourth-order valence-corrected chi connectivity index (χ4v) is 2.79. The molecule has 0 bridgehead atoms. The molecular formula is C14H18N2O2. The van der Waals surface area contributed by atoms with E-state index in [-0.39, 0.29) is 6.03 Å². The summed E-state index contributed by atoms with van der Waals surface area (Å²) in [5.41, 5.74) is 0.854. The maximum atomic E-state index is 12.1. The lowest BCUT2D eigenvalue weighted by Gasteiger charge is -2.34. The van der Waals surface area contributed by atoms with Gasteiger partial charge in [0.2, 0.25) is 0 Å². The second-order valence-corrected chi connectivity index (χ2v) is 4.99. The van der Waals surface area contributed by atoms with Crippen molar-refractivity contribution in [2.75, 3.05) is 25.0 Å². The van der Waals surface area contributed by atoms with Gasteiger partial charge in [-0.2, -0.15) is 0 Å². The van der Waals surface area contributed by atoms with E-state index in [9.17, 15) is 4.79 Å². The van der Waals surface area contributed by atoms with Crippen molar-refractivity contribution in [1.29, 1.82) is 0 Å². The van der Waals surface area contributed by atoms with E-state index in [1.165, 1.54) is 0 Å². The average molecular weight is 246 g/mol. The fourth-order valence-electron chi connectivity index (χ4n) is 2.79. The van der Waals surface area contributed by atoms with Crippen LogP contribution in [0.1, 0.15) is 12.8 Å². The van der Waals surface area contributed by atoms with Crippen molar-refractivity contribution in [3.63, 3.8) is 0 Å². The van der Waals surface area contributed by atoms with E-state index in [4.69, 9.17) is 4.74 Å². The first-order valence-electron chi connectivity index (χ1n) is 6.55. The Kier molecular flexibility index (Phi) is 3.19. The lowest BCUT2D eigenvalue weighted by Crippen LogP contribution is -2.46. The fraction of sp³-hybridized carbons (Fsp3) is 0.500. The molecule has 2 aliphatic rings. The molecule has 3 rings (SSSR count). The van der Waals surface area contributed by atoms with Crippen molar-refractivity contribution in [3.8, 4) is 0 Å². The first kappa shape index (κ1) is 11.5. The Morgan fingerprint density at radius 3 is 2.94 bits per heavy atom. The molecule has 4 nitrogen and oxygen atoms in total. The van der Waals surface area contributed by atoms with Crippen molar-refractivity contribution < 1.29 is 9.53 Å². The van der Waals surface area contributed by atoms with E-state index >= 15 is 0 Å². The molecule has 0 spiro atoms. The van der Waals surface area contributed by atoms with Gasteiger partial charge in [-0.15, -0.1) is 0 Å². The summed E-state index contributed by atoms with van der Waals surface area (Å²) < 4.78 is 5.64. The number of rotatable bonds is 1. The molecule has 2 aliphatic heterocycles. The number of hydrogen-bond acceptors (Lipinski definition) is 2. The van der Waals surface area contributed by atoms with Gasteiger partial charge in [0.15, 0.2) is 0 Å². The molecular weight excluding hydrogens is 228 g/mol. The van der Waals surface area contributed by atoms with Gasteiger partial charge in [-0.3, -0.25) is 0 Å². The zero-order valence-corrected chi connectivity index (χ0v) is 10.3. The summed E-state index contributed by atoms with van der Waals surface area (Å²) >= 11 is 0. The van der Waals surface area contributed by atoms with Gasteiger partial charge in [0.1, 0.15) is 0 Å². The lowest BCUT2D eigenvalue weighted by atomic mass is 9.94. The highest BCUT2D eigenvalue weighted by atomic mass is 16.5. The maximum Gasteiger partial charge on any atom is 0.321 e. The van der Waals surface area contributed by atoms with Crippen molar-refractivity contribution >= 4 is 11.7 Å². The number of ether oxygens (including phenoxy) is 1. The number of piperidine rings is 1. The van der Waals surface area contributed by atoms with Crippen molar-refractivity contribution in [1.82, 2.24) is 4.90 Å². The highest BCUT2D eigenvalue weighted by molar-refractivity contribution is 5.89. The molecule has 2 heterocycles. The molecule has 1 aromatic carbocycles. The molecule has 4 heteroatoms. The largest absolute Gasteiger partial charge is 0.378 e. The van der Waals surface area contributed by atoms with Gasteiger partial charge in [-0.1, -0.05) is 18.2 Å². The van der Waals surface area contributed by atoms with E-state index in [1.807, 2.05) is 35.2 Å². The van der Waals surface area contributed by atoms with Crippen LogP contribution in [0.5, 0.6) is 0 Å². The SMILES string of the molecule is O=C(Nc1ccccc1)N1CC[C@@H]2OCC[C@@H]2C1. The quantitative estimate of drug-likeness (QED) is 0.826. The van der Waals surface area contributed by atoms with E-state index in [1.54, 1.807) is 0 Å². The Labute approximate surface area is 107 Å². The topological polar surface area (TPSA) is 41.6 Å². The van der Waals surface area contributed by atoms with Crippen LogP contribution in [0.15, 0.2) is 30.3 Å². The second kappa shape index (κ2) is 4.98. The summed E-state index contributed by atoms with van der Waals surface area (Å²) in [7, 11) is 0. The summed E-state index contributed by atoms with van der Waals surface area (Å²) in [6, 6.07) is 9.61. The predicted molar refractivity (Wildman–Crippen MR) is 69.5 cm³/mol. The first-order valence-corrected chi connectivity index (χ1v) is 6.55. The number of carbonyl (C=O) groups is 1. The third-order valence-corrected chi connectivity index (χ3v) is 3.80. The van der Waals surface area contributed by atoms with Crippen LogP contribution in [0.4, 0.5) is 10.5 Å². The second-order valence-electron chi connectivity index (χ2n) is 4.99. The molecule has 0 aliphatic carbocycles. The van der Waals surface area contributed by atoms with Crippen LogP contribution in [0.3, 0.4) is 0 Å². The Hall–Kier alpha value is -1.55. The molecule has 2 saturated heterocycles. The third-order valence-electron chi connectivity index (χ3n) is 3.80. The molecule has 2 fully saturated rings. The van der Waals surface area contributed by atoms with Crippen molar-refractivity contribution in [3.05, 3.63) is 30.3 Å². The third kappa shape index (κ3) is 2.34. The van der Waals surface area contributed by atoms with Crippen LogP contribution in [0, 0.1) is 5.92 Å². The number of para-hydroxylation sites is 1. The lowest BCUT2D eigenvalue weighted by molar-refractivity contribution is 0.0469. The maximum absolute atomic E-state index is 12.1. The number of urea groups is 1. The first-order chi connectivity index (χ1) is 8.83. The molecule has 18 heavy (non-hydrogen) atoms. The molecule has 0 radical (unpaired) electrons. The van der Waals surface area contributed by atoms with Crippen LogP contribution in [-0.2, 0) is 4.74 Å². The Balaban J connectivity index is 1.60. The number of nitrogens with one attached hydrogen (secondary N) is 1. The van der Waals surface area contributed by atoms with Gasteiger partial charge in [-0.05, 0) is 25.0 Å². The highest BCUT2D eigenvalue weighted by Crippen LogP contribution is 2.28. The predicted octanol–water partition coefficient (Wildman–Crippen LogP) is 2.33. The standard InChI is InChI=1S/C14H18N2O2/c17-14(15-12-4-2-1-3-5-12)16-8-6-13-11(10-16)7-9-18-13/h1-5,11,13H,6-10H2,(H,15,17)/t11-,13+/m1/s1. The number of likely N-dealkylation sites (tertiary alicyclic amines) is 1. The zero-order valence-electron chi connectivity index (χ0n) is 10.3. The van der Waals surface area contributed by atoms with Gasteiger partial charge < -0.3 is 15.0 Å². The zero-order chi connectivity index (χ0) is 12.4. The highest BCUT2D eigenvalue weighted by Gasteiger charge is 2.35. The van der Waals surface area contributed by atoms with Gasteiger partial charge >= 0.3 is 6.03 Å². The minimum absolute atomic E-state index is 0.00606. The van der Waals surface area contributed by atoms with E-state index < -0.39 is 0 Å². The summed E-state index contributed by atoms with van der Waals surface area (Å²) in [6.07, 6.45) is 2.43. The molecule has 0 aromatic heterocycles. The van der Waals surface area contributed by atoms with Crippen LogP contribution in [0.2, 0.25) is 0 Å². The van der Waals surface area contributed by atoms with Gasteiger partial charge in [0.05, 0.1) is 6.10 Å². The summed E-state index contributed by atoms with van der Waals surface area (Å²) in [5.74, 6) is 0.528. The Morgan fingerprint density at radius 2 is 2.11 bits per heavy atom. The van der Waals surface area contributed by atoms with Crippen LogP contribution < -0.4 is 5.32 Å². The number of carbonyl (C=O) groups excluding carboxylic acids is 1. The van der Waals surface area contributed by atoms with Crippen LogP contribution in [-0.4, -0.2) is 36.7 Å². The summed E-state index contributed by atoms with van der Waals surface area (Å²) in [6.45, 7) is 2.46. The van der Waals surface area contributed by atoms with Gasteiger partial charge in [0.25, 0.3) is 0 Å². The molecule has 1 aromatic rings. The van der Waals surface area contributed by atoms with E-state index in [2.05, 4.69) is 5.32 Å². The number of fused-ring (bicyclic) bond motifs is 1. The van der Waals surface area contributed by atoms with Crippen LogP contribution >= 0.6 is 0 Å². The molecule has 1 N–H and O–H groups in total. The number of nitrogens with zero attached hydrogens (tertiary/aromatic N) is 1. The number of benzene rings is 1. The molecule has 0 unspecified atom stereocenters. The van der Waals surface area contributed by atoms with Crippen LogP contribution in [0.25, 0.3) is 0 Å². The average Bonchev–Trinajstić information content (AvgIpc) is 2.87. The minimum atomic E-state index is 0.00606. The Bertz CT molecular complexity index is 421. The number of hydrogen-bond donors (Lipinski definition) is 1. The summed E-state index contributed by atoms with van der Waals surface area (Å²) in [5, 5.41) is 2.94. The van der Waals surface area contributed by atoms with Crippen molar-refractivity contribution in [2.24, 2.45) is 5.92 Å². The van der Waals surface area contributed by atoms with Crippen molar-refractivity contribution in [2.45, 2.75) is 18.9 Å². The van der Waals surface area contributed by atoms with Gasteiger partial charge in [-0.25, -0.2) is 4.79 Å². The van der Waals surface area contributed by atoms with Gasteiger partial charge in [0, 0.05) is 31.3 Å². The molecule has 2 amide bonds. The number of amides is 2. The monoisotopic (exact) mass is 246 g/mol. The molecule has 96 valence electrons. The smallest absolute Gasteiger partial charge is 0.321 e. The van der Waals surface area contributed by atoms with E-state index in [0.29, 0.717) is 12.0 Å². The summed E-state index contributed by atoms with van der Waals surface area (Å²) in [4.78, 5) is 14.0. The molecule has 0 saturated carbocycles. The Morgan fingerprint density at radius 1 is 1.28 bits per heavy atom. The molecule has 2 atom stereocenters. The number of anilines is 1.